The number of halogens is 3. The van der Waals surface area contributed by atoms with Gasteiger partial charge in [-0.2, -0.15) is 13.2 Å². The molecule has 7 heteroatoms. The SMILES string of the molecule is O=S(=O)(Cc1cc2ccccc2nc1C(F)(F)F)c1ccccc1. The summed E-state index contributed by atoms with van der Waals surface area (Å²) in [4.78, 5) is 3.61. The van der Waals surface area contributed by atoms with Gasteiger partial charge in [0.2, 0.25) is 0 Å². The fraction of sp³-hybridized carbons (Fsp3) is 0.118. The second-order valence-electron chi connectivity index (χ2n) is 5.26. The Bertz CT molecular complexity index is 984. The second-order valence-corrected chi connectivity index (χ2v) is 7.25. The van der Waals surface area contributed by atoms with E-state index in [2.05, 4.69) is 4.98 Å². The topological polar surface area (TPSA) is 47.0 Å². The van der Waals surface area contributed by atoms with Gasteiger partial charge in [0.25, 0.3) is 0 Å². The Labute approximate surface area is 136 Å². The molecule has 0 radical (unpaired) electrons. The molecule has 1 heterocycles. The molecular formula is C17H12F3NO2S. The average Bonchev–Trinajstić information content (AvgIpc) is 2.54. The zero-order valence-electron chi connectivity index (χ0n) is 12.3. The van der Waals surface area contributed by atoms with Gasteiger partial charge in [-0.1, -0.05) is 36.4 Å². The van der Waals surface area contributed by atoms with Gasteiger partial charge in [-0.05, 0) is 29.8 Å². The fourth-order valence-corrected chi connectivity index (χ4v) is 3.80. The summed E-state index contributed by atoms with van der Waals surface area (Å²) >= 11 is 0. The van der Waals surface area contributed by atoms with Crippen LogP contribution in [0.1, 0.15) is 11.3 Å². The zero-order valence-corrected chi connectivity index (χ0v) is 13.1. The number of hydrogen-bond acceptors (Lipinski definition) is 3. The van der Waals surface area contributed by atoms with Gasteiger partial charge in [0.05, 0.1) is 16.2 Å². The molecule has 3 nitrogen and oxygen atoms in total. The zero-order chi connectivity index (χ0) is 17.4. The predicted octanol–water partition coefficient (Wildman–Crippen LogP) is 4.23. The Hall–Kier alpha value is -2.41. The molecule has 0 aliphatic rings. The van der Waals surface area contributed by atoms with Gasteiger partial charge in [0.1, 0.15) is 5.69 Å². The van der Waals surface area contributed by atoms with Crippen molar-refractivity contribution in [2.45, 2.75) is 16.8 Å². The summed E-state index contributed by atoms with van der Waals surface area (Å²) in [5.41, 5.74) is -1.35. The Morgan fingerprint density at radius 2 is 1.54 bits per heavy atom. The quantitative estimate of drug-likeness (QED) is 0.709. The van der Waals surface area contributed by atoms with Crippen LogP contribution < -0.4 is 0 Å². The largest absolute Gasteiger partial charge is 0.433 e. The van der Waals surface area contributed by atoms with Crippen LogP contribution in [0.25, 0.3) is 10.9 Å². The Kier molecular flexibility index (Phi) is 4.04. The lowest BCUT2D eigenvalue weighted by molar-refractivity contribution is -0.141. The normalized spacial score (nSPS) is 12.5. The summed E-state index contributed by atoms with van der Waals surface area (Å²) in [6, 6.07) is 14.9. The summed E-state index contributed by atoms with van der Waals surface area (Å²) in [5, 5.41) is 0.462. The van der Waals surface area contributed by atoms with Crippen molar-refractivity contribution in [3.8, 4) is 0 Å². The van der Waals surface area contributed by atoms with Crippen LogP contribution in [0.2, 0.25) is 0 Å². The maximum absolute atomic E-state index is 13.3. The van der Waals surface area contributed by atoms with E-state index in [1.54, 1.807) is 24.3 Å². The molecule has 3 aromatic rings. The van der Waals surface area contributed by atoms with Crippen LogP contribution in [0.15, 0.2) is 65.6 Å². The van der Waals surface area contributed by atoms with Crippen LogP contribution in [-0.2, 0) is 21.8 Å². The van der Waals surface area contributed by atoms with Gasteiger partial charge in [-0.3, -0.25) is 0 Å². The molecule has 0 aliphatic heterocycles. The van der Waals surface area contributed by atoms with E-state index in [0.29, 0.717) is 5.39 Å². The van der Waals surface area contributed by atoms with Crippen LogP contribution >= 0.6 is 0 Å². The van der Waals surface area contributed by atoms with Gasteiger partial charge in [0, 0.05) is 5.39 Å². The smallest absolute Gasteiger partial charge is 0.243 e. The first-order chi connectivity index (χ1) is 11.3. The van der Waals surface area contributed by atoms with Gasteiger partial charge in [0.15, 0.2) is 9.84 Å². The minimum atomic E-state index is -4.73. The first-order valence-corrected chi connectivity index (χ1v) is 8.66. The number of aromatic nitrogens is 1. The van der Waals surface area contributed by atoms with E-state index >= 15 is 0 Å². The van der Waals surface area contributed by atoms with E-state index in [9.17, 15) is 21.6 Å². The van der Waals surface area contributed by atoms with Crippen molar-refractivity contribution in [1.29, 1.82) is 0 Å². The highest BCUT2D eigenvalue weighted by Gasteiger charge is 2.37. The van der Waals surface area contributed by atoms with Gasteiger partial charge >= 0.3 is 6.18 Å². The molecular weight excluding hydrogens is 339 g/mol. The Morgan fingerprint density at radius 1 is 0.917 bits per heavy atom. The minimum Gasteiger partial charge on any atom is -0.243 e. The third-order valence-electron chi connectivity index (χ3n) is 3.52. The second kappa shape index (κ2) is 5.90. The first-order valence-electron chi connectivity index (χ1n) is 7.01. The maximum atomic E-state index is 13.3. The highest BCUT2D eigenvalue weighted by atomic mass is 32.2. The van der Waals surface area contributed by atoms with Crippen LogP contribution in [-0.4, -0.2) is 13.4 Å². The molecule has 0 spiro atoms. The van der Waals surface area contributed by atoms with Crippen LogP contribution in [0, 0.1) is 0 Å². The van der Waals surface area contributed by atoms with E-state index in [0.717, 1.165) is 0 Å². The molecule has 1 aromatic heterocycles. The molecule has 2 aromatic carbocycles. The van der Waals surface area contributed by atoms with Crippen LogP contribution in [0.3, 0.4) is 0 Å². The third kappa shape index (κ3) is 3.26. The highest BCUT2D eigenvalue weighted by molar-refractivity contribution is 7.90. The summed E-state index contributed by atoms with van der Waals surface area (Å²) in [6.07, 6.45) is -4.73. The third-order valence-corrected chi connectivity index (χ3v) is 5.20. The number of sulfone groups is 1. The lowest BCUT2D eigenvalue weighted by atomic mass is 10.1. The van der Waals surface area contributed by atoms with E-state index in [1.165, 1.54) is 36.4 Å². The Balaban J connectivity index is 2.14. The molecule has 24 heavy (non-hydrogen) atoms. The molecule has 0 fully saturated rings. The molecule has 0 N–H and O–H groups in total. The lowest BCUT2D eigenvalue weighted by Gasteiger charge is -2.13. The summed E-state index contributed by atoms with van der Waals surface area (Å²) in [7, 11) is -3.90. The maximum Gasteiger partial charge on any atom is 0.433 e. The predicted molar refractivity (Wildman–Crippen MR) is 84.1 cm³/mol. The number of para-hydroxylation sites is 1. The number of rotatable bonds is 3. The highest BCUT2D eigenvalue weighted by Crippen LogP contribution is 2.34. The molecule has 0 saturated heterocycles. The van der Waals surface area contributed by atoms with E-state index in [4.69, 9.17) is 0 Å². The molecule has 0 amide bonds. The van der Waals surface area contributed by atoms with Gasteiger partial charge in [-0.15, -0.1) is 0 Å². The van der Waals surface area contributed by atoms with Gasteiger partial charge < -0.3 is 0 Å². The first kappa shape index (κ1) is 16.4. The minimum absolute atomic E-state index is 0.0220. The lowest BCUT2D eigenvalue weighted by Crippen LogP contribution is -2.15. The molecule has 0 atom stereocenters. The molecule has 0 bridgehead atoms. The standard InChI is InChI=1S/C17H12F3NO2S/c18-17(19,20)16-13(10-12-6-4-5-9-15(12)21-16)11-24(22,23)14-7-2-1-3-8-14/h1-10H,11H2. The van der Waals surface area contributed by atoms with E-state index in [1.807, 2.05) is 0 Å². The Morgan fingerprint density at radius 3 is 2.21 bits per heavy atom. The van der Waals surface area contributed by atoms with Gasteiger partial charge in [-0.25, -0.2) is 13.4 Å². The number of fused-ring (bicyclic) bond motifs is 1. The summed E-state index contributed by atoms with van der Waals surface area (Å²) in [5.74, 6) is -0.760. The monoisotopic (exact) mass is 351 g/mol. The van der Waals surface area contributed by atoms with Crippen molar-refractivity contribution in [1.82, 2.24) is 4.98 Å². The number of pyridine rings is 1. The fourth-order valence-electron chi connectivity index (χ4n) is 2.43. The molecule has 0 unspecified atom stereocenters. The molecule has 0 saturated carbocycles. The molecule has 0 aliphatic carbocycles. The van der Waals surface area contributed by atoms with Crippen molar-refractivity contribution >= 4 is 20.7 Å². The van der Waals surface area contributed by atoms with Crippen molar-refractivity contribution in [3.63, 3.8) is 0 Å². The van der Waals surface area contributed by atoms with Crippen molar-refractivity contribution in [2.24, 2.45) is 0 Å². The number of benzene rings is 2. The van der Waals surface area contributed by atoms with Crippen LogP contribution in [0.5, 0.6) is 0 Å². The summed E-state index contributed by atoms with van der Waals surface area (Å²) in [6.45, 7) is 0. The van der Waals surface area contributed by atoms with Crippen molar-refractivity contribution in [3.05, 3.63) is 71.9 Å². The number of alkyl halides is 3. The molecule has 124 valence electrons. The van der Waals surface area contributed by atoms with Crippen molar-refractivity contribution < 1.29 is 21.6 Å². The van der Waals surface area contributed by atoms with E-state index < -0.39 is 27.5 Å². The average molecular weight is 351 g/mol. The number of hydrogen-bond donors (Lipinski definition) is 0. The van der Waals surface area contributed by atoms with Crippen LogP contribution in [0.4, 0.5) is 13.2 Å². The molecule has 3 rings (SSSR count). The van der Waals surface area contributed by atoms with Crippen molar-refractivity contribution in [2.75, 3.05) is 0 Å². The van der Waals surface area contributed by atoms with E-state index in [-0.39, 0.29) is 16.0 Å². The number of nitrogens with zero attached hydrogens (tertiary/aromatic N) is 1. The summed E-state index contributed by atoms with van der Waals surface area (Å²) < 4.78 is 64.7.